The lowest BCUT2D eigenvalue weighted by molar-refractivity contribution is 0.0999. The van der Waals surface area contributed by atoms with Gasteiger partial charge in [0.15, 0.2) is 0 Å². The van der Waals surface area contributed by atoms with Crippen LogP contribution in [0.1, 0.15) is 10.4 Å². The third-order valence-electron chi connectivity index (χ3n) is 4.65. The van der Waals surface area contributed by atoms with Crippen LogP contribution in [0.25, 0.3) is 11.0 Å². The van der Waals surface area contributed by atoms with E-state index in [9.17, 15) is 4.79 Å². The van der Waals surface area contributed by atoms with E-state index in [0.717, 1.165) is 0 Å². The highest BCUT2D eigenvalue weighted by Gasteiger charge is 2.32. The van der Waals surface area contributed by atoms with Crippen LogP contribution < -0.4 is 14.4 Å². The van der Waals surface area contributed by atoms with Crippen molar-refractivity contribution in [3.8, 4) is 17.4 Å². The van der Waals surface area contributed by atoms with Crippen molar-refractivity contribution in [2.45, 2.75) is 0 Å². The Morgan fingerprint density at radius 3 is 2.41 bits per heavy atom. The number of carbonyl (C=O) groups is 1. The molecule has 0 unspecified atom stereocenters. The van der Waals surface area contributed by atoms with Gasteiger partial charge in [-0.15, -0.1) is 0 Å². The van der Waals surface area contributed by atoms with Crippen molar-refractivity contribution in [1.82, 2.24) is 9.97 Å². The van der Waals surface area contributed by atoms with Gasteiger partial charge in [-0.25, -0.2) is 9.97 Å². The highest BCUT2D eigenvalue weighted by molar-refractivity contribution is 6.31. The summed E-state index contributed by atoms with van der Waals surface area (Å²) in [4.78, 5) is 24.3. The Labute approximate surface area is 171 Å². The molecule has 1 amide bonds. The summed E-state index contributed by atoms with van der Waals surface area (Å²) in [6.07, 6.45) is 0. The molecule has 0 spiro atoms. The molecule has 1 aromatic heterocycles. The van der Waals surface area contributed by atoms with Crippen molar-refractivity contribution in [1.29, 1.82) is 0 Å². The molecule has 0 saturated carbocycles. The second kappa shape index (κ2) is 6.76. The number of hydrogen-bond donors (Lipinski definition) is 0. The van der Waals surface area contributed by atoms with Gasteiger partial charge in [0.2, 0.25) is 5.82 Å². The van der Waals surface area contributed by atoms with Crippen LogP contribution in [0.3, 0.4) is 0 Å². The molecular weight excluding hydrogens is 390 g/mol. The Morgan fingerprint density at radius 2 is 1.69 bits per heavy atom. The van der Waals surface area contributed by atoms with E-state index in [-0.39, 0.29) is 11.8 Å². The van der Waals surface area contributed by atoms with E-state index in [2.05, 4.69) is 9.97 Å². The van der Waals surface area contributed by atoms with Gasteiger partial charge in [-0.2, -0.15) is 0 Å². The Morgan fingerprint density at radius 1 is 0.966 bits per heavy atom. The number of benzene rings is 3. The summed E-state index contributed by atoms with van der Waals surface area (Å²) in [5.41, 5.74) is 2.31. The number of ether oxygens (including phenoxy) is 2. The highest BCUT2D eigenvalue weighted by Crippen LogP contribution is 2.42. The van der Waals surface area contributed by atoms with Gasteiger partial charge >= 0.3 is 0 Å². The molecule has 0 radical (unpaired) electrons. The van der Waals surface area contributed by atoms with Gasteiger partial charge in [-0.05, 0) is 48.5 Å². The van der Waals surface area contributed by atoms with Crippen LogP contribution in [-0.2, 0) is 0 Å². The molecule has 0 atom stereocenters. The molecule has 0 N–H and O–H groups in total. The van der Waals surface area contributed by atoms with Gasteiger partial charge in [0, 0.05) is 11.1 Å². The fraction of sp³-hybridized carbons (Fsp3) is 0.0455. The fourth-order valence-corrected chi connectivity index (χ4v) is 3.40. The molecule has 3 aromatic carbocycles. The van der Waals surface area contributed by atoms with Gasteiger partial charge < -0.3 is 9.47 Å². The smallest absolute Gasteiger partial charge is 0.267 e. The van der Waals surface area contributed by atoms with E-state index in [1.165, 1.54) is 4.90 Å². The standard InChI is InChI=1S/C22H14ClN3O3/c1-28-15-9-7-14(8-10-15)26-20-21(25-18-5-3-2-4-17(18)24-20)29-19-12-13(23)6-11-16(19)22(26)27/h2-12H,1H3. The van der Waals surface area contributed by atoms with E-state index in [1.807, 2.05) is 24.3 Å². The van der Waals surface area contributed by atoms with Crippen molar-refractivity contribution < 1.29 is 14.3 Å². The Hall–Kier alpha value is -3.64. The summed E-state index contributed by atoms with van der Waals surface area (Å²) in [6.45, 7) is 0. The monoisotopic (exact) mass is 403 g/mol. The lowest BCUT2D eigenvalue weighted by atomic mass is 10.1. The minimum absolute atomic E-state index is 0.230. The molecule has 1 aliphatic heterocycles. The van der Waals surface area contributed by atoms with Crippen LogP contribution >= 0.6 is 11.6 Å². The Bertz CT molecular complexity index is 1260. The Kier molecular flexibility index (Phi) is 4.07. The van der Waals surface area contributed by atoms with Gasteiger partial charge in [0.25, 0.3) is 11.8 Å². The summed E-state index contributed by atoms with van der Waals surface area (Å²) in [5, 5.41) is 0.463. The molecule has 0 bridgehead atoms. The number of nitrogens with zero attached hydrogens (tertiary/aromatic N) is 3. The number of rotatable bonds is 2. The number of carbonyl (C=O) groups excluding carboxylic acids is 1. The maximum Gasteiger partial charge on any atom is 0.267 e. The zero-order valence-electron chi connectivity index (χ0n) is 15.3. The predicted octanol–water partition coefficient (Wildman–Crippen LogP) is 5.38. The Balaban J connectivity index is 1.78. The van der Waals surface area contributed by atoms with E-state index < -0.39 is 0 Å². The number of amides is 1. The van der Waals surface area contributed by atoms with Crippen molar-refractivity contribution in [3.63, 3.8) is 0 Å². The normalized spacial score (nSPS) is 12.8. The maximum atomic E-state index is 13.5. The lowest BCUT2D eigenvalue weighted by Crippen LogP contribution is -2.26. The number of methoxy groups -OCH3 is 1. The number of halogens is 1. The summed E-state index contributed by atoms with van der Waals surface area (Å²) in [5.74, 6) is 1.28. The van der Waals surface area contributed by atoms with Crippen LogP contribution in [-0.4, -0.2) is 23.0 Å². The maximum absolute atomic E-state index is 13.5. The molecule has 0 fully saturated rings. The summed E-state index contributed by atoms with van der Waals surface area (Å²) in [6, 6.07) is 19.5. The molecule has 0 saturated heterocycles. The summed E-state index contributed by atoms with van der Waals surface area (Å²) < 4.78 is 11.2. The van der Waals surface area contributed by atoms with E-state index in [1.54, 1.807) is 49.6 Å². The number of anilines is 2. The van der Waals surface area contributed by atoms with Crippen LogP contribution in [0.2, 0.25) is 5.02 Å². The molecule has 29 heavy (non-hydrogen) atoms. The SMILES string of the molecule is COc1ccc(N2C(=O)c3ccc(Cl)cc3Oc3nc4ccccc4nc32)cc1. The molecule has 4 aromatic rings. The van der Waals surface area contributed by atoms with Crippen molar-refractivity contribution in [2.75, 3.05) is 12.0 Å². The van der Waals surface area contributed by atoms with Crippen LogP contribution in [0.5, 0.6) is 17.4 Å². The molecule has 1 aliphatic rings. The fourth-order valence-electron chi connectivity index (χ4n) is 3.24. The third-order valence-corrected chi connectivity index (χ3v) is 4.88. The quantitative estimate of drug-likeness (QED) is 0.450. The minimum Gasteiger partial charge on any atom is -0.497 e. The second-order valence-corrected chi connectivity index (χ2v) is 6.86. The van der Waals surface area contributed by atoms with Crippen molar-refractivity contribution in [2.24, 2.45) is 0 Å². The van der Waals surface area contributed by atoms with E-state index >= 15 is 0 Å². The zero-order valence-corrected chi connectivity index (χ0v) is 16.1. The first-order valence-corrected chi connectivity index (χ1v) is 9.24. The van der Waals surface area contributed by atoms with Gasteiger partial charge in [0.05, 0.1) is 29.4 Å². The minimum atomic E-state index is -0.287. The molecule has 6 nitrogen and oxygen atoms in total. The molecular formula is C22H14ClN3O3. The number of fused-ring (bicyclic) bond motifs is 3. The summed E-state index contributed by atoms with van der Waals surface area (Å²) >= 11 is 6.13. The molecule has 5 rings (SSSR count). The lowest BCUT2D eigenvalue weighted by Gasteiger charge is -2.21. The van der Waals surface area contributed by atoms with Crippen molar-refractivity contribution >= 4 is 40.0 Å². The largest absolute Gasteiger partial charge is 0.497 e. The first-order valence-electron chi connectivity index (χ1n) is 8.87. The van der Waals surface area contributed by atoms with Crippen LogP contribution in [0.15, 0.2) is 66.7 Å². The number of aromatic nitrogens is 2. The average Bonchev–Trinajstić information content (AvgIpc) is 2.85. The molecule has 142 valence electrons. The van der Waals surface area contributed by atoms with Gasteiger partial charge in [-0.3, -0.25) is 9.69 Å². The molecule has 0 aliphatic carbocycles. The number of hydrogen-bond acceptors (Lipinski definition) is 5. The van der Waals surface area contributed by atoms with E-state index in [0.29, 0.717) is 44.6 Å². The molecule has 2 heterocycles. The predicted molar refractivity (Wildman–Crippen MR) is 111 cm³/mol. The topological polar surface area (TPSA) is 64.5 Å². The van der Waals surface area contributed by atoms with Crippen LogP contribution in [0.4, 0.5) is 11.5 Å². The average molecular weight is 404 g/mol. The van der Waals surface area contributed by atoms with Gasteiger partial charge in [0.1, 0.15) is 11.5 Å². The highest BCUT2D eigenvalue weighted by atomic mass is 35.5. The van der Waals surface area contributed by atoms with Gasteiger partial charge in [-0.1, -0.05) is 23.7 Å². The zero-order chi connectivity index (χ0) is 20.0. The molecule has 7 heteroatoms. The number of para-hydroxylation sites is 2. The third kappa shape index (κ3) is 2.94. The first kappa shape index (κ1) is 17.5. The van der Waals surface area contributed by atoms with Crippen molar-refractivity contribution in [3.05, 3.63) is 77.3 Å². The summed E-state index contributed by atoms with van der Waals surface area (Å²) in [7, 11) is 1.59. The van der Waals surface area contributed by atoms with Crippen LogP contribution in [0, 0.1) is 0 Å². The first-order chi connectivity index (χ1) is 14.1. The second-order valence-electron chi connectivity index (χ2n) is 6.42. The van der Waals surface area contributed by atoms with E-state index in [4.69, 9.17) is 21.1 Å².